The summed E-state index contributed by atoms with van der Waals surface area (Å²) in [6, 6.07) is 0. The van der Waals surface area contributed by atoms with Crippen LogP contribution >= 0.6 is 0 Å². The van der Waals surface area contributed by atoms with Crippen molar-refractivity contribution < 1.29 is 18.4 Å². The SMILES string of the molecule is CCO[C@@]12CC[C@H](O[Si](C)(C)C(C)(C)C)[C@@H](C#C[C@@H](O[Si](C)(C)C(C)(C)C)C3CCCCC3)[C@@H]1CC2=O. The van der Waals surface area contributed by atoms with E-state index in [0.29, 0.717) is 18.9 Å². The van der Waals surface area contributed by atoms with Crippen LogP contribution in [-0.2, 0) is 18.4 Å². The van der Waals surface area contributed by atoms with Crippen LogP contribution < -0.4 is 0 Å². The van der Waals surface area contributed by atoms with Gasteiger partial charge in [0.1, 0.15) is 11.7 Å². The number of fused-ring (bicyclic) bond motifs is 1. The summed E-state index contributed by atoms with van der Waals surface area (Å²) in [7, 11) is -3.97. The van der Waals surface area contributed by atoms with Gasteiger partial charge < -0.3 is 13.6 Å². The molecular weight excluding hydrogens is 493 g/mol. The number of Topliss-reactive ketones (excluding diaryl/α,β-unsaturated/α-hetero) is 1. The van der Waals surface area contributed by atoms with E-state index < -0.39 is 22.2 Å². The van der Waals surface area contributed by atoms with Crippen LogP contribution in [0.15, 0.2) is 0 Å². The zero-order chi connectivity index (χ0) is 27.9. The highest BCUT2D eigenvalue weighted by atomic mass is 28.4. The third-order valence-electron chi connectivity index (χ3n) is 10.5. The minimum atomic E-state index is -1.99. The van der Waals surface area contributed by atoms with E-state index in [2.05, 4.69) is 79.6 Å². The second kappa shape index (κ2) is 11.2. The first-order valence-corrected chi connectivity index (χ1v) is 20.8. The molecule has 3 aliphatic carbocycles. The predicted molar refractivity (Wildman–Crippen MR) is 159 cm³/mol. The summed E-state index contributed by atoms with van der Waals surface area (Å²) in [5, 5.41) is 0.274. The van der Waals surface area contributed by atoms with Gasteiger partial charge in [-0.3, -0.25) is 4.79 Å². The Hall–Kier alpha value is -0.456. The molecule has 0 spiro atoms. The number of hydrogen-bond acceptors (Lipinski definition) is 4. The van der Waals surface area contributed by atoms with E-state index in [9.17, 15) is 4.79 Å². The zero-order valence-corrected chi connectivity index (χ0v) is 27.9. The molecular formula is C31H56O4Si2. The Bertz CT molecular complexity index is 866. The maximum Gasteiger partial charge on any atom is 0.193 e. The first-order valence-electron chi connectivity index (χ1n) is 15.0. The molecule has 3 aliphatic rings. The number of ether oxygens (including phenoxy) is 1. The molecule has 212 valence electrons. The van der Waals surface area contributed by atoms with E-state index in [1.807, 2.05) is 6.92 Å². The smallest absolute Gasteiger partial charge is 0.193 e. The topological polar surface area (TPSA) is 44.8 Å². The van der Waals surface area contributed by atoms with Crippen molar-refractivity contribution in [3.63, 3.8) is 0 Å². The van der Waals surface area contributed by atoms with Crippen molar-refractivity contribution in [2.24, 2.45) is 17.8 Å². The third-order valence-corrected chi connectivity index (χ3v) is 19.4. The lowest BCUT2D eigenvalue weighted by Gasteiger charge is -2.56. The van der Waals surface area contributed by atoms with Gasteiger partial charge in [0.05, 0.1) is 12.0 Å². The summed E-state index contributed by atoms with van der Waals surface area (Å²) < 4.78 is 20.3. The molecule has 3 fully saturated rings. The fraction of sp³-hybridized carbons (Fsp3) is 0.903. The molecule has 0 saturated heterocycles. The summed E-state index contributed by atoms with van der Waals surface area (Å²) in [5.74, 6) is 8.39. The highest BCUT2D eigenvalue weighted by molar-refractivity contribution is 6.74. The van der Waals surface area contributed by atoms with Crippen LogP contribution in [0.25, 0.3) is 0 Å². The quantitative estimate of drug-likeness (QED) is 0.238. The monoisotopic (exact) mass is 548 g/mol. The Morgan fingerprint density at radius 2 is 1.54 bits per heavy atom. The van der Waals surface area contributed by atoms with Crippen molar-refractivity contribution in [2.75, 3.05) is 6.61 Å². The Morgan fingerprint density at radius 3 is 2.05 bits per heavy atom. The lowest BCUT2D eigenvalue weighted by atomic mass is 9.55. The van der Waals surface area contributed by atoms with E-state index in [0.717, 1.165) is 12.8 Å². The molecule has 37 heavy (non-hydrogen) atoms. The number of rotatable bonds is 7. The van der Waals surface area contributed by atoms with Gasteiger partial charge in [-0.15, -0.1) is 0 Å². The number of carbonyl (C=O) groups is 1. The minimum absolute atomic E-state index is 0.0150. The lowest BCUT2D eigenvalue weighted by Crippen LogP contribution is -2.66. The summed E-state index contributed by atoms with van der Waals surface area (Å²) in [5.41, 5.74) is -0.651. The molecule has 0 radical (unpaired) electrons. The number of carbonyl (C=O) groups excluding carboxylic acids is 1. The number of ketones is 1. The highest BCUT2D eigenvalue weighted by Crippen LogP contribution is 2.53. The van der Waals surface area contributed by atoms with Crippen LogP contribution in [0.1, 0.15) is 99.8 Å². The second-order valence-corrected chi connectivity index (χ2v) is 24.5. The van der Waals surface area contributed by atoms with Crippen molar-refractivity contribution >= 4 is 22.4 Å². The molecule has 0 aromatic rings. The van der Waals surface area contributed by atoms with Gasteiger partial charge in [-0.2, -0.15) is 0 Å². The average molecular weight is 549 g/mol. The molecule has 0 aromatic heterocycles. The van der Waals surface area contributed by atoms with Crippen LogP contribution in [0.2, 0.25) is 36.3 Å². The summed E-state index contributed by atoms with van der Waals surface area (Å²) in [4.78, 5) is 12.9. The molecule has 0 heterocycles. The van der Waals surface area contributed by atoms with Crippen LogP contribution in [0.4, 0.5) is 0 Å². The normalized spacial score (nSPS) is 30.7. The van der Waals surface area contributed by atoms with Crippen molar-refractivity contribution in [1.29, 1.82) is 0 Å². The molecule has 0 bridgehead atoms. The molecule has 3 saturated carbocycles. The second-order valence-electron chi connectivity index (χ2n) is 15.0. The maximum absolute atomic E-state index is 12.9. The van der Waals surface area contributed by atoms with E-state index in [4.69, 9.17) is 13.6 Å². The lowest BCUT2D eigenvalue weighted by molar-refractivity contribution is -0.195. The van der Waals surface area contributed by atoms with Gasteiger partial charge in [0.15, 0.2) is 22.4 Å². The van der Waals surface area contributed by atoms with E-state index in [-0.39, 0.29) is 39.9 Å². The molecule has 6 heteroatoms. The summed E-state index contributed by atoms with van der Waals surface area (Å²) in [6.07, 6.45) is 8.45. The van der Waals surface area contributed by atoms with Gasteiger partial charge in [0.25, 0.3) is 0 Å². The molecule has 0 amide bonds. The van der Waals surface area contributed by atoms with Crippen LogP contribution in [0.3, 0.4) is 0 Å². The van der Waals surface area contributed by atoms with Gasteiger partial charge in [-0.1, -0.05) is 72.6 Å². The first-order chi connectivity index (χ1) is 17.0. The highest BCUT2D eigenvalue weighted by Gasteiger charge is 2.62. The van der Waals surface area contributed by atoms with Gasteiger partial charge in [-0.25, -0.2) is 0 Å². The molecule has 0 aliphatic heterocycles. The van der Waals surface area contributed by atoms with Crippen molar-refractivity contribution in [3.8, 4) is 11.8 Å². The van der Waals surface area contributed by atoms with Crippen molar-refractivity contribution in [1.82, 2.24) is 0 Å². The molecule has 3 rings (SSSR count). The van der Waals surface area contributed by atoms with E-state index >= 15 is 0 Å². The molecule has 0 unspecified atom stereocenters. The van der Waals surface area contributed by atoms with Gasteiger partial charge in [0.2, 0.25) is 0 Å². The van der Waals surface area contributed by atoms with Crippen molar-refractivity contribution in [3.05, 3.63) is 0 Å². The van der Waals surface area contributed by atoms with Gasteiger partial charge >= 0.3 is 0 Å². The molecule has 5 atom stereocenters. The van der Waals surface area contributed by atoms with Crippen LogP contribution in [0, 0.1) is 29.6 Å². The largest absolute Gasteiger partial charge is 0.413 e. The Kier molecular flexibility index (Phi) is 9.41. The van der Waals surface area contributed by atoms with Crippen molar-refractivity contribution in [2.45, 2.75) is 154 Å². The zero-order valence-electron chi connectivity index (χ0n) is 25.9. The van der Waals surface area contributed by atoms with Crippen LogP contribution in [-0.4, -0.2) is 46.8 Å². The minimum Gasteiger partial charge on any atom is -0.413 e. The standard InChI is InChI=1S/C31H56O4Si2/c1-12-33-31-21-20-27(35-37(10,11)30(5,6)7)24(25(31)22-28(31)32)18-19-26(23-16-14-13-15-17-23)34-36(8,9)29(2,3)4/h23-27H,12-17,20-22H2,1-11H3/t24-,25-,26+,27-,31-/m0/s1. The third kappa shape index (κ3) is 6.48. The van der Waals surface area contributed by atoms with Crippen LogP contribution in [0.5, 0.6) is 0 Å². The molecule has 0 N–H and O–H groups in total. The Morgan fingerprint density at radius 1 is 0.946 bits per heavy atom. The fourth-order valence-corrected chi connectivity index (χ4v) is 8.52. The van der Waals surface area contributed by atoms with Gasteiger partial charge in [-0.05, 0) is 74.8 Å². The Labute approximate surface area is 230 Å². The summed E-state index contributed by atoms with van der Waals surface area (Å²) in [6.45, 7) is 25.8. The van der Waals surface area contributed by atoms with E-state index in [1.54, 1.807) is 0 Å². The fourth-order valence-electron chi connectivity index (χ4n) is 5.90. The number of hydrogen-bond donors (Lipinski definition) is 0. The predicted octanol–water partition coefficient (Wildman–Crippen LogP) is 8.13. The average Bonchev–Trinajstić information content (AvgIpc) is 2.78. The first kappa shape index (κ1) is 31.1. The molecule has 4 nitrogen and oxygen atoms in total. The summed E-state index contributed by atoms with van der Waals surface area (Å²) >= 11 is 0. The van der Waals surface area contributed by atoms with Gasteiger partial charge in [0, 0.05) is 18.9 Å². The Balaban J connectivity index is 1.97. The van der Waals surface area contributed by atoms with E-state index in [1.165, 1.54) is 32.1 Å². The molecule has 0 aromatic carbocycles. The maximum atomic E-state index is 12.9.